The Balaban J connectivity index is 1.90. The largest absolute Gasteiger partial charge is 0.317 e. The van der Waals surface area contributed by atoms with Crippen LogP contribution in [0.25, 0.3) is 0 Å². The van der Waals surface area contributed by atoms with Gasteiger partial charge in [0.2, 0.25) is 0 Å². The molecule has 1 heterocycles. The molecule has 4 heteroatoms. The summed E-state index contributed by atoms with van der Waals surface area (Å²) in [4.78, 5) is 1.87. The average molecular weight is 305 g/mol. The fourth-order valence-corrected chi connectivity index (χ4v) is 3.79. The van der Waals surface area contributed by atoms with Crippen molar-refractivity contribution in [2.75, 3.05) is 13.1 Å². The zero-order valence-electron chi connectivity index (χ0n) is 11.6. The van der Waals surface area contributed by atoms with Crippen LogP contribution in [0.15, 0.2) is 52.3 Å². The average Bonchev–Trinajstić information content (AvgIpc) is 2.51. The summed E-state index contributed by atoms with van der Waals surface area (Å²) in [6.45, 7) is 1.86. The van der Waals surface area contributed by atoms with Gasteiger partial charge in [-0.05, 0) is 68.2 Å². The van der Waals surface area contributed by atoms with Crippen LogP contribution in [-0.4, -0.2) is 13.1 Å². The minimum Gasteiger partial charge on any atom is -0.317 e. The van der Waals surface area contributed by atoms with E-state index in [1.165, 1.54) is 30.0 Å². The second-order valence-corrected chi connectivity index (χ2v) is 6.35. The van der Waals surface area contributed by atoms with Gasteiger partial charge in [-0.2, -0.15) is 0 Å². The van der Waals surface area contributed by atoms with Gasteiger partial charge in [0, 0.05) is 15.4 Å². The Morgan fingerprint density at radius 2 is 1.67 bits per heavy atom. The zero-order chi connectivity index (χ0) is 14.7. The second kappa shape index (κ2) is 6.58. The Morgan fingerprint density at radius 3 is 2.38 bits per heavy atom. The van der Waals surface area contributed by atoms with Crippen LogP contribution in [0.3, 0.4) is 0 Å². The van der Waals surface area contributed by atoms with Gasteiger partial charge in [0.1, 0.15) is 11.6 Å². The number of rotatable bonds is 3. The lowest BCUT2D eigenvalue weighted by Gasteiger charge is -2.25. The molecule has 0 saturated carbocycles. The van der Waals surface area contributed by atoms with Gasteiger partial charge < -0.3 is 5.32 Å². The molecule has 1 fully saturated rings. The maximum absolute atomic E-state index is 14.3. The van der Waals surface area contributed by atoms with Crippen molar-refractivity contribution in [3.63, 3.8) is 0 Å². The molecule has 3 rings (SSSR count). The minimum atomic E-state index is -0.253. The molecule has 0 radical (unpaired) electrons. The fourth-order valence-electron chi connectivity index (χ4n) is 2.74. The number of benzene rings is 2. The summed E-state index contributed by atoms with van der Waals surface area (Å²) in [6, 6.07) is 11.6. The van der Waals surface area contributed by atoms with Crippen molar-refractivity contribution < 1.29 is 8.78 Å². The van der Waals surface area contributed by atoms with Crippen LogP contribution in [0.5, 0.6) is 0 Å². The van der Waals surface area contributed by atoms with Gasteiger partial charge in [0.25, 0.3) is 0 Å². The summed E-state index contributed by atoms with van der Waals surface area (Å²) < 4.78 is 27.3. The Bertz CT molecular complexity index is 607. The van der Waals surface area contributed by atoms with E-state index in [9.17, 15) is 8.78 Å². The molecule has 21 heavy (non-hydrogen) atoms. The van der Waals surface area contributed by atoms with Gasteiger partial charge in [0.05, 0.1) is 0 Å². The molecule has 1 aliphatic rings. The predicted octanol–water partition coefficient (Wildman–Crippen LogP) is 4.58. The first-order chi connectivity index (χ1) is 10.2. The van der Waals surface area contributed by atoms with Crippen molar-refractivity contribution in [1.82, 2.24) is 5.32 Å². The molecule has 0 bridgehead atoms. The van der Waals surface area contributed by atoms with E-state index in [-0.39, 0.29) is 17.6 Å². The second-order valence-electron chi connectivity index (χ2n) is 5.23. The van der Waals surface area contributed by atoms with E-state index in [1.807, 2.05) is 6.07 Å². The van der Waals surface area contributed by atoms with E-state index in [4.69, 9.17) is 0 Å². The van der Waals surface area contributed by atoms with Crippen molar-refractivity contribution in [2.24, 2.45) is 0 Å². The highest BCUT2D eigenvalue weighted by Crippen LogP contribution is 2.38. The molecule has 0 aliphatic carbocycles. The highest BCUT2D eigenvalue weighted by Gasteiger charge is 2.22. The summed E-state index contributed by atoms with van der Waals surface area (Å²) in [5.41, 5.74) is 0.813. The van der Waals surface area contributed by atoms with E-state index in [2.05, 4.69) is 5.32 Å². The summed E-state index contributed by atoms with van der Waals surface area (Å²) in [6.07, 6.45) is 1.91. The summed E-state index contributed by atoms with van der Waals surface area (Å²) in [7, 11) is 0. The Hall–Kier alpha value is -1.39. The maximum Gasteiger partial charge on any atom is 0.127 e. The Morgan fingerprint density at radius 1 is 0.952 bits per heavy atom. The molecule has 0 aromatic heterocycles. The van der Waals surface area contributed by atoms with Crippen molar-refractivity contribution in [3.8, 4) is 0 Å². The van der Waals surface area contributed by atoms with Crippen molar-refractivity contribution in [3.05, 3.63) is 59.7 Å². The SMILES string of the molecule is Fc1ccc(Sc2cccc(F)c2C2CCNCC2)cc1. The first-order valence-corrected chi connectivity index (χ1v) is 7.98. The molecule has 1 aliphatic heterocycles. The molecule has 2 aromatic carbocycles. The monoisotopic (exact) mass is 305 g/mol. The molecule has 0 unspecified atom stereocenters. The third-order valence-electron chi connectivity index (χ3n) is 3.80. The van der Waals surface area contributed by atoms with E-state index < -0.39 is 0 Å². The summed E-state index contributed by atoms with van der Waals surface area (Å²) in [5.74, 6) is -0.124. The van der Waals surface area contributed by atoms with Crippen LogP contribution >= 0.6 is 11.8 Å². The van der Waals surface area contributed by atoms with Crippen molar-refractivity contribution >= 4 is 11.8 Å². The van der Waals surface area contributed by atoms with E-state index in [1.54, 1.807) is 18.2 Å². The lowest BCUT2D eigenvalue weighted by atomic mass is 9.90. The molecule has 1 N–H and O–H groups in total. The number of halogens is 2. The standard InChI is InChI=1S/C17H17F2NS/c18-13-4-6-14(7-5-13)21-16-3-1-2-15(19)17(16)12-8-10-20-11-9-12/h1-7,12,20H,8-11H2. The third kappa shape index (κ3) is 3.44. The highest BCUT2D eigenvalue weighted by molar-refractivity contribution is 7.99. The highest BCUT2D eigenvalue weighted by atomic mass is 32.2. The molecule has 0 atom stereocenters. The minimum absolute atomic E-state index is 0.131. The van der Waals surface area contributed by atoms with Crippen molar-refractivity contribution in [2.45, 2.75) is 28.6 Å². The number of hydrogen-bond acceptors (Lipinski definition) is 2. The summed E-state index contributed by atoms with van der Waals surface area (Å²) in [5, 5.41) is 3.31. The van der Waals surface area contributed by atoms with Gasteiger partial charge in [0.15, 0.2) is 0 Å². The van der Waals surface area contributed by atoms with Gasteiger partial charge in [-0.1, -0.05) is 17.8 Å². The van der Waals surface area contributed by atoms with Gasteiger partial charge in [-0.3, -0.25) is 0 Å². The molecular weight excluding hydrogens is 288 g/mol. The zero-order valence-corrected chi connectivity index (χ0v) is 12.4. The van der Waals surface area contributed by atoms with E-state index in [0.29, 0.717) is 0 Å². The molecule has 0 amide bonds. The molecule has 0 spiro atoms. The first kappa shape index (κ1) is 14.5. The molecule has 1 nitrogen and oxygen atoms in total. The van der Waals surface area contributed by atoms with Crippen molar-refractivity contribution in [1.29, 1.82) is 0 Å². The van der Waals surface area contributed by atoms with Gasteiger partial charge in [-0.25, -0.2) is 8.78 Å². The normalized spacial score (nSPS) is 16.1. The third-order valence-corrected chi connectivity index (χ3v) is 4.89. The van der Waals surface area contributed by atoms with Gasteiger partial charge in [-0.15, -0.1) is 0 Å². The summed E-state index contributed by atoms with van der Waals surface area (Å²) >= 11 is 1.50. The molecule has 110 valence electrons. The lowest BCUT2D eigenvalue weighted by molar-refractivity contribution is 0.439. The number of nitrogens with one attached hydrogen (secondary N) is 1. The molecular formula is C17H17F2NS. The van der Waals surface area contributed by atoms with Crippen LogP contribution in [-0.2, 0) is 0 Å². The van der Waals surface area contributed by atoms with Crippen LogP contribution in [0.2, 0.25) is 0 Å². The molecule has 1 saturated heterocycles. The number of hydrogen-bond donors (Lipinski definition) is 1. The first-order valence-electron chi connectivity index (χ1n) is 7.16. The van der Waals surface area contributed by atoms with E-state index in [0.717, 1.165) is 41.3 Å². The number of piperidine rings is 1. The van der Waals surface area contributed by atoms with Crippen LogP contribution in [0.4, 0.5) is 8.78 Å². The van der Waals surface area contributed by atoms with Crippen LogP contribution in [0.1, 0.15) is 24.3 Å². The topological polar surface area (TPSA) is 12.0 Å². The smallest absolute Gasteiger partial charge is 0.127 e. The maximum atomic E-state index is 14.3. The Labute approximate surface area is 127 Å². The Kier molecular flexibility index (Phi) is 4.56. The predicted molar refractivity (Wildman–Crippen MR) is 81.8 cm³/mol. The van der Waals surface area contributed by atoms with Gasteiger partial charge >= 0.3 is 0 Å². The van der Waals surface area contributed by atoms with Crippen LogP contribution in [0, 0.1) is 11.6 Å². The fraction of sp³-hybridized carbons (Fsp3) is 0.294. The lowest BCUT2D eigenvalue weighted by Crippen LogP contribution is -2.27. The molecule has 2 aromatic rings. The van der Waals surface area contributed by atoms with Crippen LogP contribution < -0.4 is 5.32 Å². The van der Waals surface area contributed by atoms with E-state index >= 15 is 0 Å². The quantitative estimate of drug-likeness (QED) is 0.890.